The topological polar surface area (TPSA) is 52.7 Å². The Labute approximate surface area is 144 Å². The highest BCUT2D eigenvalue weighted by Gasteiger charge is 2.16. The number of benzene rings is 1. The summed E-state index contributed by atoms with van der Waals surface area (Å²) in [6.45, 7) is 3.62. The molecule has 0 aliphatic rings. The van der Waals surface area contributed by atoms with E-state index in [4.69, 9.17) is 11.6 Å². The molecule has 0 aliphatic heterocycles. The number of nitrogens with zero attached hydrogens (tertiary/aromatic N) is 4. The fraction of sp³-hybridized carbons (Fsp3) is 0.167. The number of rotatable bonds is 2. The van der Waals surface area contributed by atoms with Gasteiger partial charge >= 0.3 is 0 Å². The van der Waals surface area contributed by atoms with Crippen LogP contribution in [0.4, 0.5) is 0 Å². The summed E-state index contributed by atoms with van der Waals surface area (Å²) in [6, 6.07) is 9.33. The molecule has 0 N–H and O–H groups in total. The SMILES string of the molecule is CC#Cc1cnn(C)c(=O)c1-n1nc(-c2ccc(Cl)cc2)cc1C. The molecular formula is C18H15ClN4O. The summed E-state index contributed by atoms with van der Waals surface area (Å²) < 4.78 is 2.90. The van der Waals surface area contributed by atoms with Gasteiger partial charge in [0, 0.05) is 23.3 Å². The molecule has 0 unspecified atom stereocenters. The Kier molecular flexibility index (Phi) is 4.24. The summed E-state index contributed by atoms with van der Waals surface area (Å²) in [5, 5.41) is 9.29. The van der Waals surface area contributed by atoms with Gasteiger partial charge in [0.25, 0.3) is 5.56 Å². The average molecular weight is 339 g/mol. The van der Waals surface area contributed by atoms with Crippen LogP contribution < -0.4 is 5.56 Å². The van der Waals surface area contributed by atoms with Crippen LogP contribution in [0.15, 0.2) is 41.3 Å². The van der Waals surface area contributed by atoms with E-state index in [1.54, 1.807) is 24.9 Å². The molecule has 1 aromatic carbocycles. The van der Waals surface area contributed by atoms with Crippen molar-refractivity contribution in [3.8, 4) is 28.8 Å². The van der Waals surface area contributed by atoms with E-state index >= 15 is 0 Å². The molecule has 0 bridgehead atoms. The quantitative estimate of drug-likeness (QED) is 0.675. The highest BCUT2D eigenvalue weighted by Crippen LogP contribution is 2.22. The fourth-order valence-corrected chi connectivity index (χ4v) is 2.55. The van der Waals surface area contributed by atoms with Crippen LogP contribution in [0, 0.1) is 18.8 Å². The summed E-state index contributed by atoms with van der Waals surface area (Å²) in [5.41, 5.74) is 3.23. The molecule has 0 saturated carbocycles. The molecule has 5 nitrogen and oxygen atoms in total. The third kappa shape index (κ3) is 2.84. The van der Waals surface area contributed by atoms with Crippen LogP contribution in [-0.4, -0.2) is 19.6 Å². The number of aryl methyl sites for hydroxylation is 2. The number of aromatic nitrogens is 4. The second-order valence-corrected chi connectivity index (χ2v) is 5.74. The zero-order valence-electron chi connectivity index (χ0n) is 13.5. The van der Waals surface area contributed by atoms with Crippen molar-refractivity contribution in [2.45, 2.75) is 13.8 Å². The molecule has 24 heavy (non-hydrogen) atoms. The van der Waals surface area contributed by atoms with Crippen molar-refractivity contribution in [3.05, 3.63) is 63.2 Å². The van der Waals surface area contributed by atoms with Gasteiger partial charge in [-0.15, -0.1) is 5.92 Å². The van der Waals surface area contributed by atoms with E-state index in [9.17, 15) is 4.79 Å². The van der Waals surface area contributed by atoms with Crippen LogP contribution in [0.1, 0.15) is 18.2 Å². The van der Waals surface area contributed by atoms with E-state index < -0.39 is 0 Å². The summed E-state index contributed by atoms with van der Waals surface area (Å²) in [5.74, 6) is 5.73. The Morgan fingerprint density at radius 1 is 1.21 bits per heavy atom. The molecule has 0 spiro atoms. The van der Waals surface area contributed by atoms with E-state index in [1.807, 2.05) is 37.3 Å². The second-order valence-electron chi connectivity index (χ2n) is 5.30. The fourth-order valence-electron chi connectivity index (χ4n) is 2.42. The summed E-state index contributed by atoms with van der Waals surface area (Å²) in [4.78, 5) is 12.6. The largest absolute Gasteiger partial charge is 0.293 e. The molecule has 0 saturated heterocycles. The maximum Gasteiger partial charge on any atom is 0.293 e. The first-order valence-electron chi connectivity index (χ1n) is 7.33. The number of hydrogen-bond acceptors (Lipinski definition) is 3. The van der Waals surface area contributed by atoms with Gasteiger partial charge in [0.05, 0.1) is 17.5 Å². The third-order valence-corrected chi connectivity index (χ3v) is 3.86. The van der Waals surface area contributed by atoms with Gasteiger partial charge in [-0.3, -0.25) is 4.79 Å². The highest BCUT2D eigenvalue weighted by atomic mass is 35.5. The molecule has 120 valence electrons. The van der Waals surface area contributed by atoms with Gasteiger partial charge in [-0.1, -0.05) is 29.7 Å². The van der Waals surface area contributed by atoms with Gasteiger partial charge in [0.1, 0.15) is 5.69 Å². The predicted molar refractivity (Wildman–Crippen MR) is 94.3 cm³/mol. The zero-order chi connectivity index (χ0) is 17.3. The standard InChI is InChI=1S/C18H15ClN4O/c1-4-5-14-11-20-22(3)18(24)17(14)23-12(2)10-16(21-23)13-6-8-15(19)9-7-13/h6-11H,1-3H3. The second kappa shape index (κ2) is 6.34. The monoisotopic (exact) mass is 338 g/mol. The maximum atomic E-state index is 12.6. The van der Waals surface area contributed by atoms with E-state index in [0.29, 0.717) is 16.3 Å². The lowest BCUT2D eigenvalue weighted by Gasteiger charge is -2.07. The van der Waals surface area contributed by atoms with Crippen molar-refractivity contribution < 1.29 is 0 Å². The maximum absolute atomic E-state index is 12.6. The van der Waals surface area contributed by atoms with E-state index in [-0.39, 0.29) is 5.56 Å². The number of hydrogen-bond donors (Lipinski definition) is 0. The van der Waals surface area contributed by atoms with Crippen molar-refractivity contribution in [1.82, 2.24) is 19.6 Å². The smallest absolute Gasteiger partial charge is 0.265 e. The Morgan fingerprint density at radius 3 is 2.58 bits per heavy atom. The van der Waals surface area contributed by atoms with Crippen LogP contribution in [0.3, 0.4) is 0 Å². The van der Waals surface area contributed by atoms with Crippen LogP contribution >= 0.6 is 11.6 Å². The van der Waals surface area contributed by atoms with Gasteiger partial charge < -0.3 is 0 Å². The van der Waals surface area contributed by atoms with Gasteiger partial charge in [-0.2, -0.15) is 10.2 Å². The van der Waals surface area contributed by atoms with E-state index in [1.165, 1.54) is 4.68 Å². The van der Waals surface area contributed by atoms with Crippen molar-refractivity contribution in [3.63, 3.8) is 0 Å². The zero-order valence-corrected chi connectivity index (χ0v) is 14.3. The van der Waals surface area contributed by atoms with Gasteiger partial charge in [-0.25, -0.2) is 9.36 Å². The van der Waals surface area contributed by atoms with E-state index in [0.717, 1.165) is 17.0 Å². The summed E-state index contributed by atoms with van der Waals surface area (Å²) >= 11 is 5.93. The Hall–Kier alpha value is -2.84. The molecule has 0 radical (unpaired) electrons. The molecule has 2 heterocycles. The van der Waals surface area contributed by atoms with E-state index in [2.05, 4.69) is 22.0 Å². The minimum Gasteiger partial charge on any atom is -0.265 e. The van der Waals surface area contributed by atoms with Gasteiger partial charge in [0.2, 0.25) is 0 Å². The van der Waals surface area contributed by atoms with Crippen LogP contribution in [-0.2, 0) is 7.05 Å². The van der Waals surface area contributed by atoms with Crippen molar-refractivity contribution in [2.75, 3.05) is 0 Å². The molecule has 2 aromatic heterocycles. The van der Waals surface area contributed by atoms with Crippen LogP contribution in [0.25, 0.3) is 16.9 Å². The predicted octanol–water partition coefficient (Wildman–Crippen LogP) is 2.97. The summed E-state index contributed by atoms with van der Waals surface area (Å²) in [6.07, 6.45) is 1.58. The third-order valence-electron chi connectivity index (χ3n) is 3.61. The molecule has 3 aromatic rings. The van der Waals surface area contributed by atoms with Gasteiger partial charge in [0.15, 0.2) is 0 Å². The molecule has 0 amide bonds. The lowest BCUT2D eigenvalue weighted by Crippen LogP contribution is -2.26. The number of halogens is 1. The average Bonchev–Trinajstić information content (AvgIpc) is 2.94. The van der Waals surface area contributed by atoms with Crippen molar-refractivity contribution in [2.24, 2.45) is 7.05 Å². The molecule has 0 aliphatic carbocycles. The van der Waals surface area contributed by atoms with Crippen LogP contribution in [0.5, 0.6) is 0 Å². The molecular weight excluding hydrogens is 324 g/mol. The summed E-state index contributed by atoms with van der Waals surface area (Å²) in [7, 11) is 1.61. The highest BCUT2D eigenvalue weighted by molar-refractivity contribution is 6.30. The molecule has 0 fully saturated rings. The normalized spacial score (nSPS) is 10.3. The first-order valence-corrected chi connectivity index (χ1v) is 7.71. The van der Waals surface area contributed by atoms with Crippen molar-refractivity contribution >= 4 is 11.6 Å². The lowest BCUT2D eigenvalue weighted by atomic mass is 10.1. The van der Waals surface area contributed by atoms with Crippen LogP contribution in [0.2, 0.25) is 5.02 Å². The molecule has 3 rings (SSSR count). The first-order chi connectivity index (χ1) is 11.5. The Bertz CT molecular complexity index is 1020. The first kappa shape index (κ1) is 16.0. The molecule has 0 atom stereocenters. The van der Waals surface area contributed by atoms with Crippen molar-refractivity contribution in [1.29, 1.82) is 0 Å². The van der Waals surface area contributed by atoms with Gasteiger partial charge in [-0.05, 0) is 32.0 Å². The minimum atomic E-state index is -0.246. The Morgan fingerprint density at radius 2 is 1.92 bits per heavy atom. The minimum absolute atomic E-state index is 0.246. The Balaban J connectivity index is 2.21. The lowest BCUT2D eigenvalue weighted by molar-refractivity contribution is 0.684. The molecule has 6 heteroatoms.